The van der Waals surface area contributed by atoms with Gasteiger partial charge < -0.3 is 19.5 Å². The van der Waals surface area contributed by atoms with Crippen molar-refractivity contribution in [3.05, 3.63) is 25.1 Å². The summed E-state index contributed by atoms with van der Waals surface area (Å²) in [5, 5.41) is 13.2. The van der Waals surface area contributed by atoms with E-state index in [4.69, 9.17) is 17.0 Å². The first kappa shape index (κ1) is 12.9. The summed E-state index contributed by atoms with van der Waals surface area (Å²) in [4.78, 5) is 17.7. The van der Waals surface area contributed by atoms with Crippen LogP contribution in [-0.4, -0.2) is 46.3 Å². The highest BCUT2D eigenvalue weighted by molar-refractivity contribution is 7.73. The minimum atomic E-state index is -0.705. The summed E-state index contributed by atoms with van der Waals surface area (Å²) in [6, 6.07) is 0. The van der Waals surface area contributed by atoms with Crippen LogP contribution in [-0.2, 0) is 11.3 Å². The Morgan fingerprint density at radius 3 is 3.11 bits per heavy atom. The Kier molecular flexibility index (Phi) is 3.89. The molecule has 0 amide bonds. The Labute approximate surface area is 112 Å². The zero-order chi connectivity index (χ0) is 13.1. The van der Waals surface area contributed by atoms with Crippen molar-refractivity contribution in [1.82, 2.24) is 14.8 Å². The number of ether oxygens (including phenoxy) is 1. The van der Waals surface area contributed by atoms with Gasteiger partial charge in [0.05, 0.1) is 6.54 Å². The van der Waals surface area contributed by atoms with Crippen LogP contribution in [0.5, 0.6) is 0 Å². The van der Waals surface area contributed by atoms with Gasteiger partial charge in [0.15, 0.2) is 8.99 Å². The summed E-state index contributed by atoms with van der Waals surface area (Å²) in [5.74, 6) is 0.283. The van der Waals surface area contributed by atoms with Crippen LogP contribution in [0.4, 0.5) is 0 Å². The maximum Gasteiger partial charge on any atom is 0.277 e. The van der Waals surface area contributed by atoms with Crippen molar-refractivity contribution in [3.63, 3.8) is 0 Å². The van der Waals surface area contributed by atoms with Gasteiger partial charge in [-0.2, -0.15) is 0 Å². The van der Waals surface area contributed by atoms with Crippen LogP contribution in [0.2, 0.25) is 0 Å². The molecule has 2 rings (SSSR count). The fourth-order valence-electron chi connectivity index (χ4n) is 1.56. The van der Waals surface area contributed by atoms with Crippen molar-refractivity contribution in [2.75, 3.05) is 20.5 Å². The van der Waals surface area contributed by atoms with Crippen LogP contribution < -0.4 is 0 Å². The van der Waals surface area contributed by atoms with Crippen molar-refractivity contribution in [2.45, 2.75) is 6.54 Å². The molecule has 1 N–H and O–H groups in total. The second kappa shape index (κ2) is 5.42. The molecule has 2 heterocycles. The van der Waals surface area contributed by atoms with Gasteiger partial charge in [0, 0.05) is 18.1 Å². The van der Waals surface area contributed by atoms with Crippen LogP contribution in [0.25, 0.3) is 0 Å². The lowest BCUT2D eigenvalue weighted by Gasteiger charge is -2.34. The Morgan fingerprint density at radius 1 is 1.72 bits per heavy atom. The number of nitrogens with zero attached hydrogens (tertiary/aromatic N) is 4. The van der Waals surface area contributed by atoms with Crippen LogP contribution in [0.15, 0.2) is 11.3 Å². The molecule has 10 heteroatoms. The maximum atomic E-state index is 10.5. The van der Waals surface area contributed by atoms with Gasteiger partial charge in [-0.25, -0.2) is 10.1 Å². The quantitative estimate of drug-likeness (QED) is 0.508. The van der Waals surface area contributed by atoms with Gasteiger partial charge in [-0.05, 0) is 12.2 Å². The van der Waals surface area contributed by atoms with Crippen molar-refractivity contribution >= 4 is 29.5 Å². The number of guanidine groups is 1. The molecule has 0 bridgehead atoms. The summed E-state index contributed by atoms with van der Waals surface area (Å²) >= 11 is 6.41. The lowest BCUT2D eigenvalue weighted by Crippen LogP contribution is -2.49. The molecular formula is C8H11N5O3S2. The predicted molar refractivity (Wildman–Crippen MR) is 68.1 cm³/mol. The third-order valence-corrected chi connectivity index (χ3v) is 3.43. The van der Waals surface area contributed by atoms with Gasteiger partial charge in [0.2, 0.25) is 0 Å². The molecule has 0 saturated carbocycles. The summed E-state index contributed by atoms with van der Waals surface area (Å²) in [6.07, 6.45) is 1.78. The molecule has 0 spiro atoms. The Balaban J connectivity index is 2.18. The highest BCUT2D eigenvalue weighted by Crippen LogP contribution is 2.15. The molecule has 1 saturated heterocycles. The SMILES string of the molecule is CN1COCN(Cc2c[nH]c(=S)s2)/C1=N/[N+](=O)[O-]. The van der Waals surface area contributed by atoms with E-state index in [-0.39, 0.29) is 19.4 Å². The number of aromatic nitrogens is 1. The van der Waals surface area contributed by atoms with Crippen LogP contribution in [0.1, 0.15) is 4.88 Å². The lowest BCUT2D eigenvalue weighted by molar-refractivity contribution is -0.486. The molecule has 18 heavy (non-hydrogen) atoms. The molecule has 98 valence electrons. The van der Waals surface area contributed by atoms with Gasteiger partial charge in [-0.15, -0.1) is 11.3 Å². The van der Waals surface area contributed by atoms with E-state index < -0.39 is 5.03 Å². The van der Waals surface area contributed by atoms with Gasteiger partial charge in [0.25, 0.3) is 5.96 Å². The van der Waals surface area contributed by atoms with E-state index in [0.29, 0.717) is 10.5 Å². The predicted octanol–water partition coefficient (Wildman–Crippen LogP) is 1.03. The van der Waals surface area contributed by atoms with E-state index in [1.165, 1.54) is 11.3 Å². The van der Waals surface area contributed by atoms with E-state index in [1.807, 2.05) is 0 Å². The number of hydrogen-bond donors (Lipinski definition) is 1. The van der Waals surface area contributed by atoms with E-state index in [0.717, 1.165) is 4.88 Å². The first-order valence-corrected chi connectivity index (χ1v) is 6.23. The molecule has 0 unspecified atom stereocenters. The van der Waals surface area contributed by atoms with Crippen molar-refractivity contribution in [3.8, 4) is 0 Å². The maximum absolute atomic E-state index is 10.5. The number of rotatable bonds is 3. The first-order chi connectivity index (χ1) is 8.56. The van der Waals surface area contributed by atoms with Crippen molar-refractivity contribution < 1.29 is 9.77 Å². The third-order valence-electron chi connectivity index (χ3n) is 2.25. The standard InChI is InChI=1S/C8H11N5O3S2/c1-11-4-16-5-12(7(11)10-13(14)15)3-6-2-9-8(17)18-6/h2H,3-5H2,1H3,(H,9,17)/b10-7+. The Bertz CT molecular complexity index is 525. The zero-order valence-electron chi connectivity index (χ0n) is 9.53. The summed E-state index contributed by atoms with van der Waals surface area (Å²) in [7, 11) is 1.69. The minimum Gasteiger partial charge on any atom is -0.343 e. The topological polar surface area (TPSA) is 87.0 Å². The zero-order valence-corrected chi connectivity index (χ0v) is 11.2. The highest BCUT2D eigenvalue weighted by Gasteiger charge is 2.25. The lowest BCUT2D eigenvalue weighted by atomic mass is 10.5. The largest absolute Gasteiger partial charge is 0.343 e. The Morgan fingerprint density at radius 2 is 2.50 bits per heavy atom. The van der Waals surface area contributed by atoms with E-state index in [9.17, 15) is 10.1 Å². The number of hydrazone groups is 1. The van der Waals surface area contributed by atoms with Crippen LogP contribution >= 0.6 is 23.6 Å². The number of aromatic amines is 1. The van der Waals surface area contributed by atoms with Gasteiger partial charge in [0.1, 0.15) is 18.6 Å². The molecule has 1 aliphatic rings. The number of nitrogens with one attached hydrogen (secondary N) is 1. The molecule has 0 aromatic carbocycles. The Hall–Kier alpha value is -1.52. The highest BCUT2D eigenvalue weighted by atomic mass is 32.1. The summed E-state index contributed by atoms with van der Waals surface area (Å²) < 4.78 is 5.97. The first-order valence-electron chi connectivity index (χ1n) is 5.00. The average Bonchev–Trinajstić information content (AvgIpc) is 2.69. The monoisotopic (exact) mass is 289 g/mol. The molecule has 1 aromatic heterocycles. The summed E-state index contributed by atoms with van der Waals surface area (Å²) in [5.41, 5.74) is 0. The minimum absolute atomic E-state index is 0.266. The van der Waals surface area contributed by atoms with Crippen molar-refractivity contribution in [1.29, 1.82) is 0 Å². The smallest absolute Gasteiger partial charge is 0.277 e. The third kappa shape index (κ3) is 3.03. The van der Waals surface area contributed by atoms with Gasteiger partial charge >= 0.3 is 0 Å². The van der Waals surface area contributed by atoms with Gasteiger partial charge in [-0.3, -0.25) is 0 Å². The molecule has 1 aliphatic heterocycles. The number of nitro groups is 1. The van der Waals surface area contributed by atoms with E-state index in [1.54, 1.807) is 23.0 Å². The van der Waals surface area contributed by atoms with Crippen LogP contribution in [0.3, 0.4) is 0 Å². The molecule has 0 aliphatic carbocycles. The fraction of sp³-hybridized carbons (Fsp3) is 0.500. The molecule has 0 radical (unpaired) electrons. The second-order valence-corrected chi connectivity index (χ2v) is 5.44. The number of thiazole rings is 1. The van der Waals surface area contributed by atoms with E-state index >= 15 is 0 Å². The summed E-state index contributed by atoms with van der Waals surface area (Å²) in [6.45, 7) is 1.02. The number of hydrogen-bond acceptors (Lipinski definition) is 5. The van der Waals surface area contributed by atoms with Crippen molar-refractivity contribution in [2.24, 2.45) is 5.10 Å². The molecule has 1 aromatic rings. The molecule has 1 fully saturated rings. The average molecular weight is 289 g/mol. The van der Waals surface area contributed by atoms with E-state index in [2.05, 4.69) is 10.1 Å². The molecular weight excluding hydrogens is 278 g/mol. The fourth-order valence-corrected chi connectivity index (χ4v) is 2.63. The second-order valence-electron chi connectivity index (χ2n) is 3.64. The molecule has 0 atom stereocenters. The van der Waals surface area contributed by atoms with Gasteiger partial charge in [-0.1, -0.05) is 0 Å². The number of H-pyrrole nitrogens is 1. The normalized spacial score (nSPS) is 18.4. The molecule has 8 nitrogen and oxygen atoms in total. The van der Waals surface area contributed by atoms with Crippen LogP contribution in [0, 0.1) is 14.1 Å².